The van der Waals surface area contributed by atoms with Crippen LogP contribution in [-0.4, -0.2) is 23.1 Å². The van der Waals surface area contributed by atoms with E-state index in [1.54, 1.807) is 0 Å². The summed E-state index contributed by atoms with van der Waals surface area (Å²) < 4.78 is 13.1. The van der Waals surface area contributed by atoms with Crippen LogP contribution < -0.4 is 10.2 Å². The molecule has 0 unspecified atom stereocenters. The maximum Gasteiger partial charge on any atom is 0.147 e. The Morgan fingerprint density at radius 2 is 2.04 bits per heavy atom. The normalized spacial score (nSPS) is 20.2. The van der Waals surface area contributed by atoms with Crippen molar-refractivity contribution in [3.05, 3.63) is 52.7 Å². The van der Waals surface area contributed by atoms with Gasteiger partial charge in [0.15, 0.2) is 0 Å². The first kappa shape index (κ1) is 15.5. The summed E-state index contributed by atoms with van der Waals surface area (Å²) in [6.45, 7) is 4.89. The molecule has 5 heteroatoms. The summed E-state index contributed by atoms with van der Waals surface area (Å²) in [5.74, 6) is 1.81. The fourth-order valence-electron chi connectivity index (χ4n) is 3.73. The number of hydrogen-bond acceptors (Lipinski definition) is 4. The number of hydrogen-bond donors (Lipinski definition) is 1. The molecule has 1 atom stereocenters. The Bertz CT molecular complexity index is 723. The first-order valence-corrected chi connectivity index (χ1v) is 8.81. The standard InChI is InChI=1S/C19H23FN4/c1-13-16-4-3-11-24(12-14-6-8-15(20)9-7-14)19(16)23-18(22-13)17-5-2-10-21-17/h6-9,17,21H,2-5,10-12H2,1H3/t17-/m1/s1. The molecule has 0 spiro atoms. The summed E-state index contributed by atoms with van der Waals surface area (Å²) in [6.07, 6.45) is 4.44. The highest BCUT2D eigenvalue weighted by Gasteiger charge is 2.26. The topological polar surface area (TPSA) is 41.1 Å². The van der Waals surface area contributed by atoms with Gasteiger partial charge in [0.2, 0.25) is 0 Å². The number of benzene rings is 1. The van der Waals surface area contributed by atoms with Gasteiger partial charge < -0.3 is 10.2 Å². The van der Waals surface area contributed by atoms with Crippen LogP contribution in [0.2, 0.25) is 0 Å². The molecule has 3 heterocycles. The van der Waals surface area contributed by atoms with E-state index in [0.717, 1.165) is 61.8 Å². The van der Waals surface area contributed by atoms with Crippen LogP contribution in [0.4, 0.5) is 10.2 Å². The van der Waals surface area contributed by atoms with Crippen LogP contribution in [-0.2, 0) is 13.0 Å². The average Bonchev–Trinajstić information content (AvgIpc) is 3.12. The Balaban J connectivity index is 1.65. The minimum absolute atomic E-state index is 0.189. The van der Waals surface area contributed by atoms with Gasteiger partial charge in [-0.15, -0.1) is 0 Å². The van der Waals surface area contributed by atoms with Gasteiger partial charge in [0.1, 0.15) is 17.5 Å². The van der Waals surface area contributed by atoms with E-state index in [1.165, 1.54) is 24.1 Å². The number of nitrogens with zero attached hydrogens (tertiary/aromatic N) is 3. The molecule has 2 aromatic rings. The molecule has 0 saturated carbocycles. The van der Waals surface area contributed by atoms with Crippen molar-refractivity contribution < 1.29 is 4.39 Å². The smallest absolute Gasteiger partial charge is 0.147 e. The number of halogens is 1. The quantitative estimate of drug-likeness (QED) is 0.939. The third-order valence-electron chi connectivity index (χ3n) is 5.02. The molecule has 1 aromatic heterocycles. The average molecular weight is 326 g/mol. The van der Waals surface area contributed by atoms with Gasteiger partial charge in [0.05, 0.1) is 6.04 Å². The number of fused-ring (bicyclic) bond motifs is 1. The number of rotatable bonds is 3. The van der Waals surface area contributed by atoms with E-state index in [4.69, 9.17) is 9.97 Å². The van der Waals surface area contributed by atoms with Gasteiger partial charge in [-0.1, -0.05) is 12.1 Å². The molecule has 0 bridgehead atoms. The van der Waals surface area contributed by atoms with Crippen LogP contribution in [0.15, 0.2) is 24.3 Å². The highest BCUT2D eigenvalue weighted by atomic mass is 19.1. The summed E-state index contributed by atoms with van der Waals surface area (Å²) in [5.41, 5.74) is 3.48. The lowest BCUT2D eigenvalue weighted by atomic mass is 10.0. The van der Waals surface area contributed by atoms with E-state index < -0.39 is 0 Å². The van der Waals surface area contributed by atoms with Gasteiger partial charge in [-0.2, -0.15) is 0 Å². The fourth-order valence-corrected chi connectivity index (χ4v) is 3.73. The molecule has 0 aliphatic carbocycles. The van der Waals surface area contributed by atoms with Gasteiger partial charge in [-0.05, 0) is 56.8 Å². The van der Waals surface area contributed by atoms with Crippen LogP contribution in [0.25, 0.3) is 0 Å². The minimum atomic E-state index is -0.189. The fraction of sp³-hybridized carbons (Fsp3) is 0.474. The molecule has 0 amide bonds. The predicted molar refractivity (Wildman–Crippen MR) is 92.5 cm³/mol. The van der Waals surface area contributed by atoms with Crippen molar-refractivity contribution in [1.29, 1.82) is 0 Å². The number of aryl methyl sites for hydroxylation is 1. The van der Waals surface area contributed by atoms with Crippen LogP contribution >= 0.6 is 0 Å². The van der Waals surface area contributed by atoms with Gasteiger partial charge in [0.25, 0.3) is 0 Å². The molecule has 2 aliphatic rings. The van der Waals surface area contributed by atoms with Crippen LogP contribution in [0.3, 0.4) is 0 Å². The van der Waals surface area contributed by atoms with E-state index in [9.17, 15) is 4.39 Å². The molecular weight excluding hydrogens is 303 g/mol. The lowest BCUT2D eigenvalue weighted by Gasteiger charge is -2.31. The van der Waals surface area contributed by atoms with Gasteiger partial charge in [0, 0.05) is 24.3 Å². The molecule has 4 rings (SSSR count). The molecule has 24 heavy (non-hydrogen) atoms. The van der Waals surface area contributed by atoms with E-state index >= 15 is 0 Å². The Hall–Kier alpha value is -2.01. The number of anilines is 1. The van der Waals surface area contributed by atoms with Gasteiger partial charge in [-0.3, -0.25) is 0 Å². The molecular formula is C19H23FN4. The Labute approximate surface area is 142 Å². The molecule has 1 saturated heterocycles. The third kappa shape index (κ3) is 3.00. The van der Waals surface area contributed by atoms with Crippen LogP contribution in [0.1, 0.15) is 47.9 Å². The van der Waals surface area contributed by atoms with Crippen molar-refractivity contribution in [1.82, 2.24) is 15.3 Å². The monoisotopic (exact) mass is 326 g/mol. The molecule has 4 nitrogen and oxygen atoms in total. The summed E-state index contributed by atoms with van der Waals surface area (Å²) in [4.78, 5) is 12.0. The maximum atomic E-state index is 13.1. The zero-order valence-corrected chi connectivity index (χ0v) is 14.1. The maximum absolute atomic E-state index is 13.1. The lowest BCUT2D eigenvalue weighted by Crippen LogP contribution is -2.31. The number of aromatic nitrogens is 2. The highest BCUT2D eigenvalue weighted by Crippen LogP contribution is 2.31. The molecule has 0 radical (unpaired) electrons. The zero-order chi connectivity index (χ0) is 16.5. The van der Waals surface area contributed by atoms with E-state index in [-0.39, 0.29) is 11.9 Å². The zero-order valence-electron chi connectivity index (χ0n) is 14.1. The molecule has 1 N–H and O–H groups in total. The van der Waals surface area contributed by atoms with Crippen molar-refractivity contribution in [2.24, 2.45) is 0 Å². The Kier molecular flexibility index (Phi) is 4.19. The summed E-state index contributed by atoms with van der Waals surface area (Å²) in [6, 6.07) is 7.05. The second kappa shape index (κ2) is 6.48. The summed E-state index contributed by atoms with van der Waals surface area (Å²) in [5, 5.41) is 3.49. The summed E-state index contributed by atoms with van der Waals surface area (Å²) >= 11 is 0. The Morgan fingerprint density at radius 3 is 2.79 bits per heavy atom. The minimum Gasteiger partial charge on any atom is -0.352 e. The first-order chi connectivity index (χ1) is 11.7. The summed E-state index contributed by atoms with van der Waals surface area (Å²) in [7, 11) is 0. The van der Waals surface area contributed by atoms with Crippen molar-refractivity contribution in [2.45, 2.75) is 45.2 Å². The van der Waals surface area contributed by atoms with Gasteiger partial charge in [-0.25, -0.2) is 14.4 Å². The predicted octanol–water partition coefficient (Wildman–Crippen LogP) is 3.30. The first-order valence-electron chi connectivity index (χ1n) is 8.81. The van der Waals surface area contributed by atoms with E-state index in [2.05, 4.69) is 17.1 Å². The van der Waals surface area contributed by atoms with Crippen molar-refractivity contribution in [2.75, 3.05) is 18.0 Å². The largest absolute Gasteiger partial charge is 0.352 e. The van der Waals surface area contributed by atoms with Gasteiger partial charge >= 0.3 is 0 Å². The lowest BCUT2D eigenvalue weighted by molar-refractivity contribution is 0.587. The van der Waals surface area contributed by atoms with Crippen molar-refractivity contribution in [3.63, 3.8) is 0 Å². The second-order valence-electron chi connectivity index (χ2n) is 6.77. The Morgan fingerprint density at radius 1 is 1.21 bits per heavy atom. The number of nitrogens with one attached hydrogen (secondary N) is 1. The second-order valence-corrected chi connectivity index (χ2v) is 6.77. The molecule has 1 aromatic carbocycles. The van der Waals surface area contributed by atoms with E-state index in [1.807, 2.05) is 12.1 Å². The van der Waals surface area contributed by atoms with Crippen LogP contribution in [0, 0.1) is 12.7 Å². The highest BCUT2D eigenvalue weighted by molar-refractivity contribution is 5.52. The SMILES string of the molecule is Cc1nc([C@H]2CCCN2)nc2c1CCCN2Cc1ccc(F)cc1. The molecule has 1 fully saturated rings. The van der Waals surface area contributed by atoms with Crippen molar-refractivity contribution in [3.8, 4) is 0 Å². The van der Waals surface area contributed by atoms with Crippen LogP contribution in [0.5, 0.6) is 0 Å². The third-order valence-corrected chi connectivity index (χ3v) is 5.02. The molecule has 2 aliphatic heterocycles. The van der Waals surface area contributed by atoms with Crippen molar-refractivity contribution >= 4 is 5.82 Å². The van der Waals surface area contributed by atoms with E-state index in [0.29, 0.717) is 0 Å². The molecule has 126 valence electrons.